The van der Waals surface area contributed by atoms with E-state index in [1.807, 2.05) is 6.92 Å². The van der Waals surface area contributed by atoms with Gasteiger partial charge in [0, 0.05) is 12.7 Å². The zero-order valence-electron chi connectivity index (χ0n) is 14.9. The third-order valence-electron chi connectivity index (χ3n) is 3.80. The molecule has 26 heavy (non-hydrogen) atoms. The van der Waals surface area contributed by atoms with E-state index in [9.17, 15) is 19.7 Å². The van der Waals surface area contributed by atoms with Crippen LogP contribution in [0.5, 0.6) is 0 Å². The van der Waals surface area contributed by atoms with Crippen molar-refractivity contribution in [3.63, 3.8) is 0 Å². The molecule has 0 bridgehead atoms. The molecular weight excluding hydrogens is 344 g/mol. The number of hydrogen-bond donors (Lipinski definition) is 1. The second kappa shape index (κ2) is 7.76. The van der Waals surface area contributed by atoms with E-state index in [-0.39, 0.29) is 17.2 Å². The number of aryl methyl sites for hydroxylation is 2. The number of ether oxygens (including phenoxy) is 1. The summed E-state index contributed by atoms with van der Waals surface area (Å²) in [6, 6.07) is 0.518. The molecule has 0 aliphatic heterocycles. The second-order valence-electron chi connectivity index (χ2n) is 5.50. The molecule has 0 saturated carbocycles. The predicted molar refractivity (Wildman–Crippen MR) is 90.8 cm³/mol. The molecule has 11 heteroatoms. The fraction of sp³-hybridized carbons (Fsp3) is 0.467. The number of methoxy groups -OCH3 is 1. The smallest absolute Gasteiger partial charge is 0.390 e. The normalized spacial score (nSPS) is 11.8. The standard InChI is InChI=1S/C15H20N6O5/c1-5-11(20-9(3)7-12(17-20)21(24)25)14(22)16-10-8-19(6-2)18-13(10)15(23)26-4/h7-8,11H,5-6H2,1-4H3,(H,16,22). The first-order valence-corrected chi connectivity index (χ1v) is 7.99. The van der Waals surface area contributed by atoms with Gasteiger partial charge in [-0.05, 0) is 25.2 Å². The van der Waals surface area contributed by atoms with Gasteiger partial charge < -0.3 is 20.2 Å². The Bertz CT molecular complexity index is 840. The van der Waals surface area contributed by atoms with Gasteiger partial charge in [-0.15, -0.1) is 0 Å². The number of hydrogen-bond acceptors (Lipinski definition) is 7. The Morgan fingerprint density at radius 1 is 1.38 bits per heavy atom. The molecule has 1 atom stereocenters. The van der Waals surface area contributed by atoms with Gasteiger partial charge in [-0.3, -0.25) is 9.48 Å². The zero-order chi connectivity index (χ0) is 19.4. The Morgan fingerprint density at radius 2 is 2.08 bits per heavy atom. The highest BCUT2D eigenvalue weighted by atomic mass is 16.6. The van der Waals surface area contributed by atoms with Crippen molar-refractivity contribution >= 4 is 23.4 Å². The molecule has 0 spiro atoms. The number of carbonyl (C=O) groups excluding carboxylic acids is 2. The van der Waals surface area contributed by atoms with E-state index in [1.165, 1.54) is 28.7 Å². The first-order chi connectivity index (χ1) is 12.3. The van der Waals surface area contributed by atoms with E-state index in [0.29, 0.717) is 18.7 Å². The molecule has 2 aromatic rings. The molecule has 0 aliphatic rings. The lowest BCUT2D eigenvalue weighted by molar-refractivity contribution is -0.389. The minimum Gasteiger partial charge on any atom is -0.464 e. The minimum absolute atomic E-state index is 0.0132. The average Bonchev–Trinajstić information content (AvgIpc) is 3.19. The van der Waals surface area contributed by atoms with Gasteiger partial charge in [0.25, 0.3) is 5.91 Å². The van der Waals surface area contributed by atoms with E-state index in [4.69, 9.17) is 0 Å². The number of aromatic nitrogens is 4. The van der Waals surface area contributed by atoms with Gasteiger partial charge in [-0.1, -0.05) is 6.92 Å². The van der Waals surface area contributed by atoms with E-state index >= 15 is 0 Å². The van der Waals surface area contributed by atoms with Crippen molar-refractivity contribution in [1.29, 1.82) is 0 Å². The summed E-state index contributed by atoms with van der Waals surface area (Å²) in [5.41, 5.74) is 0.679. The zero-order valence-corrected chi connectivity index (χ0v) is 14.9. The van der Waals surface area contributed by atoms with Crippen LogP contribution in [0.2, 0.25) is 0 Å². The summed E-state index contributed by atoms with van der Waals surface area (Å²) >= 11 is 0. The fourth-order valence-corrected chi connectivity index (χ4v) is 2.48. The Morgan fingerprint density at radius 3 is 2.58 bits per heavy atom. The van der Waals surface area contributed by atoms with Gasteiger partial charge in [0.05, 0.1) is 29.7 Å². The molecular formula is C15H20N6O5. The van der Waals surface area contributed by atoms with Crippen molar-refractivity contribution < 1.29 is 19.2 Å². The summed E-state index contributed by atoms with van der Waals surface area (Å²) in [6.07, 6.45) is 1.87. The van der Waals surface area contributed by atoms with Crippen molar-refractivity contribution in [3.8, 4) is 0 Å². The quantitative estimate of drug-likeness (QED) is 0.449. The van der Waals surface area contributed by atoms with E-state index in [0.717, 1.165) is 0 Å². The van der Waals surface area contributed by atoms with Gasteiger partial charge in [0.15, 0.2) is 11.7 Å². The molecule has 0 radical (unpaired) electrons. The van der Waals surface area contributed by atoms with Crippen LogP contribution in [0.3, 0.4) is 0 Å². The highest BCUT2D eigenvalue weighted by Crippen LogP contribution is 2.22. The summed E-state index contributed by atoms with van der Waals surface area (Å²) < 4.78 is 7.47. The molecule has 0 saturated heterocycles. The Hall–Kier alpha value is -3.24. The van der Waals surface area contributed by atoms with Crippen molar-refractivity contribution in [1.82, 2.24) is 19.6 Å². The molecule has 140 valence electrons. The number of nitro groups is 1. The van der Waals surface area contributed by atoms with Crippen LogP contribution in [0.15, 0.2) is 12.3 Å². The molecule has 2 aromatic heterocycles. The number of esters is 1. The second-order valence-corrected chi connectivity index (χ2v) is 5.50. The van der Waals surface area contributed by atoms with Crippen LogP contribution >= 0.6 is 0 Å². The summed E-state index contributed by atoms with van der Waals surface area (Å²) in [7, 11) is 1.22. The fourth-order valence-electron chi connectivity index (χ4n) is 2.48. The number of nitrogens with zero attached hydrogens (tertiary/aromatic N) is 5. The maximum atomic E-state index is 12.7. The molecule has 2 heterocycles. The maximum Gasteiger partial charge on any atom is 0.390 e. The van der Waals surface area contributed by atoms with Gasteiger partial charge in [0.2, 0.25) is 0 Å². The van der Waals surface area contributed by atoms with Crippen LogP contribution in [0.25, 0.3) is 0 Å². The van der Waals surface area contributed by atoms with Gasteiger partial charge in [-0.25, -0.2) is 4.79 Å². The molecule has 1 N–H and O–H groups in total. The highest BCUT2D eigenvalue weighted by molar-refractivity contribution is 6.00. The largest absolute Gasteiger partial charge is 0.464 e. The molecule has 0 aliphatic carbocycles. The summed E-state index contributed by atoms with van der Waals surface area (Å²) in [6.45, 7) is 5.72. The maximum absolute atomic E-state index is 12.7. The van der Waals surface area contributed by atoms with Crippen molar-refractivity contribution in [3.05, 3.63) is 33.8 Å². The first-order valence-electron chi connectivity index (χ1n) is 7.99. The summed E-state index contributed by atoms with van der Waals surface area (Å²) in [4.78, 5) is 34.8. The van der Waals surface area contributed by atoms with Gasteiger partial charge in [0.1, 0.15) is 0 Å². The van der Waals surface area contributed by atoms with Crippen LogP contribution in [0.4, 0.5) is 11.5 Å². The van der Waals surface area contributed by atoms with Crippen molar-refractivity contribution in [2.24, 2.45) is 0 Å². The Labute approximate surface area is 149 Å². The number of amides is 1. The van der Waals surface area contributed by atoms with Crippen LogP contribution in [-0.2, 0) is 16.1 Å². The SMILES string of the molecule is CCC(C(=O)Nc1cn(CC)nc1C(=O)OC)n1nc([N+](=O)[O-])cc1C. The van der Waals surface area contributed by atoms with Crippen LogP contribution in [0, 0.1) is 17.0 Å². The number of nitrogens with one attached hydrogen (secondary N) is 1. The van der Waals surface area contributed by atoms with E-state index < -0.39 is 22.8 Å². The topological polar surface area (TPSA) is 134 Å². The van der Waals surface area contributed by atoms with Crippen molar-refractivity contribution in [2.45, 2.75) is 39.8 Å². The summed E-state index contributed by atoms with van der Waals surface area (Å²) in [5.74, 6) is -1.47. The predicted octanol–water partition coefficient (Wildman–Crippen LogP) is 1.69. The highest BCUT2D eigenvalue weighted by Gasteiger charge is 2.29. The van der Waals surface area contributed by atoms with Gasteiger partial charge in [-0.2, -0.15) is 9.78 Å². The lowest BCUT2D eigenvalue weighted by atomic mass is 10.2. The molecule has 0 fully saturated rings. The minimum atomic E-state index is -0.779. The van der Waals surface area contributed by atoms with Crippen LogP contribution in [0.1, 0.15) is 42.5 Å². The molecule has 11 nitrogen and oxygen atoms in total. The van der Waals surface area contributed by atoms with E-state index in [2.05, 4.69) is 20.3 Å². The first kappa shape index (κ1) is 19.1. The number of anilines is 1. The average molecular weight is 364 g/mol. The number of rotatable bonds is 7. The lowest BCUT2D eigenvalue weighted by Crippen LogP contribution is -2.27. The number of carbonyl (C=O) groups is 2. The lowest BCUT2D eigenvalue weighted by Gasteiger charge is -2.13. The van der Waals surface area contributed by atoms with E-state index in [1.54, 1.807) is 13.8 Å². The summed E-state index contributed by atoms with van der Waals surface area (Å²) in [5, 5.41) is 21.5. The monoisotopic (exact) mass is 364 g/mol. The third-order valence-corrected chi connectivity index (χ3v) is 3.80. The third kappa shape index (κ3) is 3.71. The Balaban J connectivity index is 2.32. The molecule has 0 aromatic carbocycles. The van der Waals surface area contributed by atoms with Crippen LogP contribution < -0.4 is 5.32 Å². The Kier molecular flexibility index (Phi) is 5.70. The van der Waals surface area contributed by atoms with Gasteiger partial charge >= 0.3 is 11.8 Å². The molecule has 2 rings (SSSR count). The van der Waals surface area contributed by atoms with Crippen LogP contribution in [-0.4, -0.2) is 43.5 Å². The molecule has 1 unspecified atom stereocenters. The molecule has 1 amide bonds. The van der Waals surface area contributed by atoms with Crippen molar-refractivity contribution in [2.75, 3.05) is 12.4 Å².